The summed E-state index contributed by atoms with van der Waals surface area (Å²) in [6.07, 6.45) is 5.10. The molecule has 2 N–H and O–H groups in total. The summed E-state index contributed by atoms with van der Waals surface area (Å²) >= 11 is 3.47. The average Bonchev–Trinajstić information content (AvgIpc) is 3.14. The van der Waals surface area contributed by atoms with Crippen LogP contribution < -0.4 is 5.32 Å². The van der Waals surface area contributed by atoms with Gasteiger partial charge in [0.2, 0.25) is 5.91 Å². The third-order valence-corrected chi connectivity index (χ3v) is 4.52. The van der Waals surface area contributed by atoms with Crippen LogP contribution in [0.15, 0.2) is 41.1 Å². The van der Waals surface area contributed by atoms with Gasteiger partial charge < -0.3 is 10.3 Å². The number of para-hydroxylation sites is 1. The van der Waals surface area contributed by atoms with Gasteiger partial charge in [-0.2, -0.15) is 5.10 Å². The number of H-pyrrole nitrogens is 1. The molecule has 0 saturated heterocycles. The number of aromatic nitrogens is 3. The topological polar surface area (TPSA) is 62.7 Å². The van der Waals surface area contributed by atoms with Gasteiger partial charge in [-0.05, 0) is 40.9 Å². The number of fused-ring (bicyclic) bond motifs is 1. The molecular formula is C17H19BrN4O. The minimum Gasteiger partial charge on any atom is -0.361 e. The summed E-state index contributed by atoms with van der Waals surface area (Å²) in [5.41, 5.74) is 3.14. The molecule has 2 heterocycles. The summed E-state index contributed by atoms with van der Waals surface area (Å²) in [5.74, 6) is 0.0354. The number of halogens is 1. The number of rotatable bonds is 6. The van der Waals surface area contributed by atoms with Crippen molar-refractivity contribution in [1.82, 2.24) is 20.1 Å². The second-order valence-corrected chi connectivity index (χ2v) is 6.27. The molecule has 0 bridgehead atoms. The second-order valence-electron chi connectivity index (χ2n) is 5.42. The van der Waals surface area contributed by atoms with E-state index in [4.69, 9.17) is 0 Å². The molecule has 0 saturated carbocycles. The first-order chi connectivity index (χ1) is 11.2. The fourth-order valence-corrected chi connectivity index (χ4v) is 3.03. The maximum atomic E-state index is 12.1. The van der Waals surface area contributed by atoms with Crippen molar-refractivity contribution in [2.24, 2.45) is 0 Å². The van der Waals surface area contributed by atoms with Gasteiger partial charge in [0.1, 0.15) is 0 Å². The number of hydrogen-bond donors (Lipinski definition) is 2. The Morgan fingerprint density at radius 1 is 1.39 bits per heavy atom. The summed E-state index contributed by atoms with van der Waals surface area (Å²) in [4.78, 5) is 15.3. The van der Waals surface area contributed by atoms with Gasteiger partial charge in [-0.3, -0.25) is 9.48 Å². The summed E-state index contributed by atoms with van der Waals surface area (Å²) in [5, 5.41) is 8.52. The zero-order chi connectivity index (χ0) is 16.2. The first kappa shape index (κ1) is 15.8. The summed E-state index contributed by atoms with van der Waals surface area (Å²) < 4.78 is 2.77. The maximum Gasteiger partial charge on any atom is 0.220 e. The van der Waals surface area contributed by atoms with E-state index >= 15 is 0 Å². The number of hydrogen-bond acceptors (Lipinski definition) is 2. The Morgan fingerprint density at radius 3 is 3.00 bits per heavy atom. The lowest BCUT2D eigenvalue weighted by Gasteiger charge is -2.04. The van der Waals surface area contributed by atoms with Gasteiger partial charge in [-0.1, -0.05) is 18.2 Å². The third-order valence-electron chi connectivity index (χ3n) is 3.86. The van der Waals surface area contributed by atoms with Crippen LogP contribution in [0.2, 0.25) is 0 Å². The van der Waals surface area contributed by atoms with Crippen LogP contribution in [0.25, 0.3) is 10.9 Å². The molecule has 0 aliphatic heterocycles. The van der Waals surface area contributed by atoms with Crippen LogP contribution in [0.3, 0.4) is 0 Å². The zero-order valence-corrected chi connectivity index (χ0v) is 14.6. The van der Waals surface area contributed by atoms with E-state index in [0.29, 0.717) is 13.0 Å². The molecule has 3 aromatic rings. The Kier molecular flexibility index (Phi) is 4.81. The molecule has 3 rings (SSSR count). The molecule has 6 heteroatoms. The smallest absolute Gasteiger partial charge is 0.220 e. The highest BCUT2D eigenvalue weighted by molar-refractivity contribution is 9.10. The predicted octanol–water partition coefficient (Wildman–Crippen LogP) is 3.40. The molecule has 2 aromatic heterocycles. The lowest BCUT2D eigenvalue weighted by atomic mass is 10.1. The normalized spacial score (nSPS) is 11.0. The van der Waals surface area contributed by atoms with Crippen molar-refractivity contribution in [1.29, 1.82) is 0 Å². The predicted molar refractivity (Wildman–Crippen MR) is 94.1 cm³/mol. The Bertz CT molecular complexity index is 821. The van der Waals surface area contributed by atoms with Crippen LogP contribution in [0.4, 0.5) is 0 Å². The van der Waals surface area contributed by atoms with Gasteiger partial charge in [0.15, 0.2) is 0 Å². The molecular weight excluding hydrogens is 356 g/mol. The second kappa shape index (κ2) is 7.00. The molecule has 5 nitrogen and oxygen atoms in total. The fraction of sp³-hybridized carbons (Fsp3) is 0.294. The van der Waals surface area contributed by atoms with E-state index in [0.717, 1.165) is 28.6 Å². The van der Waals surface area contributed by atoms with Crippen molar-refractivity contribution in [2.75, 3.05) is 0 Å². The Balaban J connectivity index is 1.54. The summed E-state index contributed by atoms with van der Waals surface area (Å²) in [7, 11) is 0. The van der Waals surface area contributed by atoms with E-state index in [1.54, 1.807) is 0 Å². The van der Waals surface area contributed by atoms with Crippen LogP contribution in [0.5, 0.6) is 0 Å². The number of carbonyl (C=O) groups is 1. The van der Waals surface area contributed by atoms with E-state index in [9.17, 15) is 4.79 Å². The van der Waals surface area contributed by atoms with Crippen LogP contribution in [0, 0.1) is 0 Å². The summed E-state index contributed by atoms with van der Waals surface area (Å²) in [6, 6.07) is 8.14. The molecule has 0 aliphatic rings. The highest BCUT2D eigenvalue weighted by Crippen LogP contribution is 2.19. The highest BCUT2D eigenvalue weighted by Gasteiger charge is 2.09. The highest BCUT2D eigenvalue weighted by atomic mass is 79.9. The largest absolute Gasteiger partial charge is 0.361 e. The van der Waals surface area contributed by atoms with Crippen LogP contribution in [0.1, 0.15) is 24.6 Å². The van der Waals surface area contributed by atoms with Crippen molar-refractivity contribution < 1.29 is 4.79 Å². The molecule has 0 radical (unpaired) electrons. The Morgan fingerprint density at radius 2 is 2.22 bits per heavy atom. The minimum atomic E-state index is 0.0354. The molecule has 23 heavy (non-hydrogen) atoms. The number of carbonyl (C=O) groups excluding carboxylic acids is 1. The fourth-order valence-electron chi connectivity index (χ4n) is 2.58. The van der Waals surface area contributed by atoms with E-state index in [2.05, 4.69) is 37.4 Å². The van der Waals surface area contributed by atoms with Crippen LogP contribution in [-0.4, -0.2) is 20.7 Å². The van der Waals surface area contributed by atoms with Crippen molar-refractivity contribution in [3.8, 4) is 0 Å². The number of nitrogens with one attached hydrogen (secondary N) is 2. The lowest BCUT2D eigenvalue weighted by molar-refractivity contribution is -0.121. The van der Waals surface area contributed by atoms with Crippen molar-refractivity contribution in [3.05, 3.63) is 52.4 Å². The SMILES string of the molecule is CCn1cc(Br)c(CNC(=O)CCc2c[nH]c3ccccc23)n1. The quantitative estimate of drug-likeness (QED) is 0.694. The molecule has 0 fully saturated rings. The van der Waals surface area contributed by atoms with Crippen molar-refractivity contribution >= 4 is 32.7 Å². The standard InChI is InChI=1S/C17H19BrN4O/c1-2-22-11-14(18)16(21-22)10-20-17(23)8-7-12-9-19-15-6-4-3-5-13(12)15/h3-6,9,11,19H,2,7-8,10H2,1H3,(H,20,23). The number of benzene rings is 1. The number of nitrogens with zero attached hydrogens (tertiary/aromatic N) is 2. The van der Waals surface area contributed by atoms with Gasteiger partial charge in [-0.15, -0.1) is 0 Å². The maximum absolute atomic E-state index is 12.1. The lowest BCUT2D eigenvalue weighted by Crippen LogP contribution is -2.23. The molecule has 0 aliphatic carbocycles. The van der Waals surface area contributed by atoms with E-state index in [1.807, 2.05) is 42.2 Å². The van der Waals surface area contributed by atoms with Gasteiger partial charge >= 0.3 is 0 Å². The third kappa shape index (κ3) is 3.64. The Labute approximate surface area is 143 Å². The van der Waals surface area contributed by atoms with Gasteiger partial charge in [0.05, 0.1) is 16.7 Å². The molecule has 1 aromatic carbocycles. The first-order valence-corrected chi connectivity index (χ1v) is 8.50. The number of aryl methyl sites for hydroxylation is 2. The zero-order valence-electron chi connectivity index (χ0n) is 13.0. The molecule has 0 atom stereocenters. The number of amides is 1. The van der Waals surface area contributed by atoms with E-state index in [1.165, 1.54) is 10.9 Å². The molecule has 120 valence electrons. The van der Waals surface area contributed by atoms with E-state index in [-0.39, 0.29) is 5.91 Å². The first-order valence-electron chi connectivity index (χ1n) is 7.71. The Hall–Kier alpha value is -2.08. The van der Waals surface area contributed by atoms with Crippen molar-refractivity contribution in [2.45, 2.75) is 32.9 Å². The van der Waals surface area contributed by atoms with Crippen LogP contribution >= 0.6 is 15.9 Å². The molecule has 0 spiro atoms. The van der Waals surface area contributed by atoms with E-state index < -0.39 is 0 Å². The van der Waals surface area contributed by atoms with Crippen molar-refractivity contribution in [3.63, 3.8) is 0 Å². The minimum absolute atomic E-state index is 0.0354. The average molecular weight is 375 g/mol. The molecule has 1 amide bonds. The van der Waals surface area contributed by atoms with Gasteiger partial charge in [0.25, 0.3) is 0 Å². The monoisotopic (exact) mass is 374 g/mol. The number of aromatic amines is 1. The molecule has 0 unspecified atom stereocenters. The summed E-state index contributed by atoms with van der Waals surface area (Å²) in [6.45, 7) is 3.29. The van der Waals surface area contributed by atoms with Gasteiger partial charge in [-0.25, -0.2) is 0 Å². The van der Waals surface area contributed by atoms with Gasteiger partial charge in [0, 0.05) is 36.3 Å². The van der Waals surface area contributed by atoms with Crippen LogP contribution in [-0.2, 0) is 24.3 Å².